The lowest BCUT2D eigenvalue weighted by atomic mass is 10.1. The molecular weight excluding hydrogens is 164 g/mol. The first-order chi connectivity index (χ1) is 6.11. The topological polar surface area (TPSA) is 55.1 Å². The second-order valence-electron chi connectivity index (χ2n) is 3.84. The second-order valence-corrected chi connectivity index (χ2v) is 3.84. The standard InChI is InChI=1S/C10H18N2O/c1-7-4-3-5-10(7)12-6-9(11)8(2)13/h6-7,10,12H,3-5,11H2,1-2H3. The Kier molecular flexibility index (Phi) is 3.34. The molecule has 0 amide bonds. The quantitative estimate of drug-likeness (QED) is 0.644. The van der Waals surface area contributed by atoms with Gasteiger partial charge < -0.3 is 11.1 Å². The Balaban J connectivity index is 2.41. The van der Waals surface area contributed by atoms with Crippen LogP contribution >= 0.6 is 0 Å². The van der Waals surface area contributed by atoms with Crippen LogP contribution < -0.4 is 11.1 Å². The molecule has 0 aromatic rings. The molecule has 1 aliphatic rings. The number of rotatable bonds is 3. The monoisotopic (exact) mass is 182 g/mol. The predicted octanol–water partition coefficient (Wildman–Crippen LogP) is 1.15. The van der Waals surface area contributed by atoms with Crippen LogP contribution in [0.1, 0.15) is 33.1 Å². The van der Waals surface area contributed by atoms with Crippen LogP contribution in [0.2, 0.25) is 0 Å². The van der Waals surface area contributed by atoms with Crippen molar-refractivity contribution < 1.29 is 4.79 Å². The van der Waals surface area contributed by atoms with Crippen molar-refractivity contribution in [3.05, 3.63) is 11.9 Å². The molecule has 3 nitrogen and oxygen atoms in total. The van der Waals surface area contributed by atoms with E-state index in [1.165, 1.54) is 26.2 Å². The van der Waals surface area contributed by atoms with Gasteiger partial charge in [-0.25, -0.2) is 0 Å². The molecule has 1 aliphatic carbocycles. The van der Waals surface area contributed by atoms with Gasteiger partial charge in [-0.05, 0) is 18.8 Å². The SMILES string of the molecule is CC(=O)C(N)=CNC1CCCC1C. The molecule has 1 fully saturated rings. The minimum Gasteiger partial charge on any atom is -0.395 e. The summed E-state index contributed by atoms with van der Waals surface area (Å²) in [7, 11) is 0. The molecule has 0 heterocycles. The Morgan fingerprint density at radius 3 is 2.69 bits per heavy atom. The van der Waals surface area contributed by atoms with Gasteiger partial charge in [-0.15, -0.1) is 0 Å². The van der Waals surface area contributed by atoms with Gasteiger partial charge in [0.15, 0.2) is 5.78 Å². The zero-order valence-electron chi connectivity index (χ0n) is 8.34. The summed E-state index contributed by atoms with van der Waals surface area (Å²) in [6.07, 6.45) is 5.37. The van der Waals surface area contributed by atoms with Crippen molar-refractivity contribution in [1.29, 1.82) is 0 Å². The summed E-state index contributed by atoms with van der Waals surface area (Å²) >= 11 is 0. The highest BCUT2D eigenvalue weighted by atomic mass is 16.1. The van der Waals surface area contributed by atoms with Crippen molar-refractivity contribution in [2.24, 2.45) is 11.7 Å². The van der Waals surface area contributed by atoms with Gasteiger partial charge in [0, 0.05) is 19.2 Å². The maximum Gasteiger partial charge on any atom is 0.176 e. The fraction of sp³-hybridized carbons (Fsp3) is 0.700. The highest BCUT2D eigenvalue weighted by molar-refractivity contribution is 5.92. The van der Waals surface area contributed by atoms with Crippen molar-refractivity contribution in [2.45, 2.75) is 39.2 Å². The van der Waals surface area contributed by atoms with Crippen LogP contribution in [-0.4, -0.2) is 11.8 Å². The van der Waals surface area contributed by atoms with Crippen LogP contribution in [-0.2, 0) is 4.79 Å². The molecule has 13 heavy (non-hydrogen) atoms. The normalized spacial score (nSPS) is 28.9. The number of nitrogens with one attached hydrogen (secondary N) is 1. The minimum atomic E-state index is -0.0712. The third-order valence-corrected chi connectivity index (χ3v) is 2.72. The number of ketones is 1. The van der Waals surface area contributed by atoms with E-state index in [9.17, 15) is 4.79 Å². The maximum absolute atomic E-state index is 10.8. The van der Waals surface area contributed by atoms with Crippen LogP contribution in [0, 0.1) is 5.92 Å². The van der Waals surface area contributed by atoms with Gasteiger partial charge in [-0.3, -0.25) is 4.79 Å². The molecule has 0 bridgehead atoms. The van der Waals surface area contributed by atoms with Gasteiger partial charge in [-0.1, -0.05) is 13.3 Å². The van der Waals surface area contributed by atoms with E-state index < -0.39 is 0 Å². The van der Waals surface area contributed by atoms with Crippen LogP contribution in [0.3, 0.4) is 0 Å². The Morgan fingerprint density at radius 1 is 1.54 bits per heavy atom. The van der Waals surface area contributed by atoms with E-state index in [-0.39, 0.29) is 5.78 Å². The lowest BCUT2D eigenvalue weighted by molar-refractivity contribution is -0.113. The largest absolute Gasteiger partial charge is 0.395 e. The lowest BCUT2D eigenvalue weighted by Gasteiger charge is -2.15. The van der Waals surface area contributed by atoms with Crippen molar-refractivity contribution >= 4 is 5.78 Å². The number of carbonyl (C=O) groups is 1. The minimum absolute atomic E-state index is 0.0712. The highest BCUT2D eigenvalue weighted by Gasteiger charge is 2.21. The van der Waals surface area contributed by atoms with E-state index in [0.717, 1.165) is 0 Å². The molecule has 74 valence electrons. The van der Waals surface area contributed by atoms with Gasteiger partial charge in [0.05, 0.1) is 5.70 Å². The van der Waals surface area contributed by atoms with E-state index in [4.69, 9.17) is 5.73 Å². The van der Waals surface area contributed by atoms with Crippen LogP contribution in [0.15, 0.2) is 11.9 Å². The molecule has 1 rings (SSSR count). The Hall–Kier alpha value is -0.990. The molecule has 2 atom stereocenters. The first-order valence-corrected chi connectivity index (χ1v) is 4.84. The zero-order chi connectivity index (χ0) is 9.84. The predicted molar refractivity (Wildman–Crippen MR) is 52.9 cm³/mol. The molecule has 3 N–H and O–H groups in total. The van der Waals surface area contributed by atoms with E-state index in [2.05, 4.69) is 12.2 Å². The zero-order valence-corrected chi connectivity index (χ0v) is 8.34. The molecule has 0 spiro atoms. The summed E-state index contributed by atoms with van der Waals surface area (Å²) in [5.74, 6) is 0.620. The van der Waals surface area contributed by atoms with Gasteiger partial charge in [0.1, 0.15) is 0 Å². The molecule has 2 unspecified atom stereocenters. The Morgan fingerprint density at radius 2 is 2.23 bits per heavy atom. The van der Waals surface area contributed by atoms with Crippen molar-refractivity contribution in [3.8, 4) is 0 Å². The Bertz CT molecular complexity index is 223. The van der Waals surface area contributed by atoms with E-state index in [1.807, 2.05) is 0 Å². The van der Waals surface area contributed by atoms with Gasteiger partial charge in [0.2, 0.25) is 0 Å². The van der Waals surface area contributed by atoms with Gasteiger partial charge >= 0.3 is 0 Å². The summed E-state index contributed by atoms with van der Waals surface area (Å²) in [5, 5.41) is 3.20. The number of hydrogen-bond donors (Lipinski definition) is 2. The van der Waals surface area contributed by atoms with Gasteiger partial charge in [-0.2, -0.15) is 0 Å². The highest BCUT2D eigenvalue weighted by Crippen LogP contribution is 2.24. The van der Waals surface area contributed by atoms with Gasteiger partial charge in [0.25, 0.3) is 0 Å². The summed E-state index contributed by atoms with van der Waals surface area (Å²) in [6, 6.07) is 0.498. The molecule has 0 aromatic heterocycles. The van der Waals surface area contributed by atoms with Crippen LogP contribution in [0.4, 0.5) is 0 Å². The molecular formula is C10H18N2O. The molecule has 0 radical (unpaired) electrons. The lowest BCUT2D eigenvalue weighted by Crippen LogP contribution is -2.28. The third-order valence-electron chi connectivity index (χ3n) is 2.72. The van der Waals surface area contributed by atoms with Crippen molar-refractivity contribution in [2.75, 3.05) is 0 Å². The molecule has 3 heteroatoms. The molecule has 0 aromatic carbocycles. The van der Waals surface area contributed by atoms with E-state index in [0.29, 0.717) is 17.7 Å². The fourth-order valence-corrected chi connectivity index (χ4v) is 1.69. The summed E-state index contributed by atoms with van der Waals surface area (Å²) in [6.45, 7) is 3.70. The number of nitrogens with two attached hydrogens (primary N) is 1. The second kappa shape index (κ2) is 4.30. The molecule has 0 aliphatic heterocycles. The number of Topliss-reactive ketones (excluding diaryl/α,β-unsaturated/α-hetero) is 1. The van der Waals surface area contributed by atoms with Crippen molar-refractivity contribution in [3.63, 3.8) is 0 Å². The number of allylic oxidation sites excluding steroid dienone is 1. The number of hydrogen-bond acceptors (Lipinski definition) is 3. The first-order valence-electron chi connectivity index (χ1n) is 4.84. The van der Waals surface area contributed by atoms with Crippen LogP contribution in [0.5, 0.6) is 0 Å². The van der Waals surface area contributed by atoms with Crippen LogP contribution in [0.25, 0.3) is 0 Å². The maximum atomic E-state index is 10.8. The van der Waals surface area contributed by atoms with E-state index >= 15 is 0 Å². The summed E-state index contributed by atoms with van der Waals surface area (Å²) in [4.78, 5) is 10.8. The molecule has 1 saturated carbocycles. The van der Waals surface area contributed by atoms with Crippen molar-refractivity contribution in [1.82, 2.24) is 5.32 Å². The fourth-order valence-electron chi connectivity index (χ4n) is 1.69. The molecule has 0 saturated heterocycles. The Labute approximate surface area is 79.4 Å². The smallest absolute Gasteiger partial charge is 0.176 e. The average molecular weight is 182 g/mol. The van der Waals surface area contributed by atoms with E-state index in [1.54, 1.807) is 6.20 Å². The third kappa shape index (κ3) is 2.76. The summed E-state index contributed by atoms with van der Waals surface area (Å²) in [5.41, 5.74) is 5.81. The first kappa shape index (κ1) is 10.1. The average Bonchev–Trinajstić information content (AvgIpc) is 2.47. The number of carbonyl (C=O) groups excluding carboxylic acids is 1. The summed E-state index contributed by atoms with van der Waals surface area (Å²) < 4.78 is 0.